The van der Waals surface area contributed by atoms with Crippen molar-refractivity contribution < 1.29 is 9.15 Å². The summed E-state index contributed by atoms with van der Waals surface area (Å²) in [5.74, 6) is 1.15. The largest absolute Gasteiger partial charge is 0.496 e. The Bertz CT molecular complexity index is 1210. The van der Waals surface area contributed by atoms with Gasteiger partial charge in [0.1, 0.15) is 17.4 Å². The predicted molar refractivity (Wildman–Crippen MR) is 111 cm³/mol. The van der Waals surface area contributed by atoms with Crippen LogP contribution in [0.15, 0.2) is 46.9 Å². The molecule has 0 fully saturated rings. The molecule has 2 aliphatic heterocycles. The SMILES string of the molecule is COc1ccc(-c2c(C#N)c(N)oc3nnc(Cc4ccccc4)c2-3)c(C)c1C. The average Bonchev–Trinajstić information content (AvgIpc) is 3.12. The molecule has 0 saturated carbocycles. The molecule has 2 aromatic rings. The lowest BCUT2D eigenvalue weighted by Crippen LogP contribution is -2.02. The van der Waals surface area contributed by atoms with Gasteiger partial charge in [-0.1, -0.05) is 36.4 Å². The summed E-state index contributed by atoms with van der Waals surface area (Å²) in [4.78, 5) is 0. The van der Waals surface area contributed by atoms with Crippen molar-refractivity contribution in [2.24, 2.45) is 0 Å². The molecule has 0 amide bonds. The van der Waals surface area contributed by atoms with E-state index < -0.39 is 0 Å². The number of nitrogens with zero attached hydrogens (tertiary/aromatic N) is 3. The number of fused-ring (bicyclic) bond motifs is 1. The van der Waals surface area contributed by atoms with E-state index in [0.717, 1.165) is 33.7 Å². The van der Waals surface area contributed by atoms with Crippen molar-refractivity contribution >= 4 is 5.88 Å². The second-order valence-corrected chi connectivity index (χ2v) is 6.88. The van der Waals surface area contributed by atoms with E-state index in [2.05, 4.69) is 16.3 Å². The molecule has 2 N–H and O–H groups in total. The van der Waals surface area contributed by atoms with Crippen molar-refractivity contribution in [3.63, 3.8) is 0 Å². The van der Waals surface area contributed by atoms with E-state index in [9.17, 15) is 5.26 Å². The van der Waals surface area contributed by atoms with Gasteiger partial charge in [0, 0.05) is 12.0 Å². The van der Waals surface area contributed by atoms with Crippen LogP contribution in [0.3, 0.4) is 0 Å². The van der Waals surface area contributed by atoms with E-state index in [4.69, 9.17) is 14.9 Å². The topological polar surface area (TPSA) is 98.0 Å². The van der Waals surface area contributed by atoms with Crippen LogP contribution in [-0.4, -0.2) is 17.3 Å². The van der Waals surface area contributed by atoms with Crippen LogP contribution < -0.4 is 10.5 Å². The zero-order valence-corrected chi connectivity index (χ0v) is 16.5. The number of hydrogen-bond acceptors (Lipinski definition) is 6. The molecule has 0 unspecified atom stereocenters. The predicted octanol–water partition coefficient (Wildman–Crippen LogP) is 4.51. The average molecular weight is 384 g/mol. The molecule has 6 heteroatoms. The third kappa shape index (κ3) is 3.07. The summed E-state index contributed by atoms with van der Waals surface area (Å²) in [6.07, 6.45) is 0.572. The molecule has 6 nitrogen and oxygen atoms in total. The number of hydrogen-bond donors (Lipinski definition) is 1. The van der Waals surface area contributed by atoms with E-state index in [-0.39, 0.29) is 11.4 Å². The van der Waals surface area contributed by atoms with Crippen molar-refractivity contribution in [1.29, 1.82) is 5.26 Å². The Morgan fingerprint density at radius 1 is 1.03 bits per heavy atom. The van der Waals surface area contributed by atoms with Crippen LogP contribution in [0.25, 0.3) is 22.6 Å². The first-order valence-electron chi connectivity index (χ1n) is 9.21. The third-order valence-corrected chi connectivity index (χ3v) is 5.27. The molecule has 2 aromatic carbocycles. The smallest absolute Gasteiger partial charge is 0.250 e. The number of methoxy groups -OCH3 is 1. The summed E-state index contributed by atoms with van der Waals surface area (Å²) in [5, 5.41) is 18.4. The lowest BCUT2D eigenvalue weighted by atomic mass is 9.89. The van der Waals surface area contributed by atoms with Gasteiger partial charge in [0.2, 0.25) is 11.8 Å². The van der Waals surface area contributed by atoms with E-state index in [1.807, 2.05) is 56.3 Å². The molecule has 0 aromatic heterocycles. The quantitative estimate of drug-likeness (QED) is 0.556. The Morgan fingerprint density at radius 2 is 1.79 bits per heavy atom. The molecule has 4 rings (SSSR count). The second kappa shape index (κ2) is 7.28. The Kier molecular flexibility index (Phi) is 4.65. The molecule has 0 spiro atoms. The van der Waals surface area contributed by atoms with E-state index in [1.54, 1.807) is 7.11 Å². The number of benzene rings is 2. The van der Waals surface area contributed by atoms with Gasteiger partial charge < -0.3 is 14.9 Å². The molecule has 0 bridgehead atoms. The maximum Gasteiger partial charge on any atom is 0.250 e. The second-order valence-electron chi connectivity index (χ2n) is 6.88. The van der Waals surface area contributed by atoms with Crippen LogP contribution in [0.1, 0.15) is 27.9 Å². The molecule has 29 heavy (non-hydrogen) atoms. The fourth-order valence-electron chi connectivity index (χ4n) is 3.64. The molecule has 0 atom stereocenters. The minimum Gasteiger partial charge on any atom is -0.496 e. The summed E-state index contributed by atoms with van der Waals surface area (Å²) < 4.78 is 11.1. The minimum absolute atomic E-state index is 0.0361. The fraction of sp³-hybridized carbons (Fsp3) is 0.174. The highest BCUT2D eigenvalue weighted by Crippen LogP contribution is 2.43. The summed E-state index contributed by atoms with van der Waals surface area (Å²) in [7, 11) is 1.64. The van der Waals surface area contributed by atoms with Crippen LogP contribution in [0.4, 0.5) is 5.88 Å². The maximum atomic E-state index is 9.84. The molecular weight excluding hydrogens is 364 g/mol. The minimum atomic E-state index is 0.0361. The van der Waals surface area contributed by atoms with Gasteiger partial charge in [-0.3, -0.25) is 0 Å². The number of aromatic nitrogens is 2. The number of nitriles is 1. The number of nitrogen functional groups attached to an aromatic ring is 1. The Morgan fingerprint density at radius 3 is 2.48 bits per heavy atom. The zero-order chi connectivity index (χ0) is 20.5. The van der Waals surface area contributed by atoms with Gasteiger partial charge in [-0.2, -0.15) is 10.4 Å². The van der Waals surface area contributed by atoms with Crippen LogP contribution in [0, 0.1) is 25.2 Å². The normalized spacial score (nSPS) is 10.8. The molecule has 0 radical (unpaired) electrons. The van der Waals surface area contributed by atoms with E-state index in [1.165, 1.54) is 0 Å². The van der Waals surface area contributed by atoms with Crippen molar-refractivity contribution in [3.05, 3.63) is 70.4 Å². The number of nitrogens with two attached hydrogens (primary N) is 1. The van der Waals surface area contributed by atoms with E-state index in [0.29, 0.717) is 23.4 Å². The molecule has 0 aliphatic carbocycles. The lowest BCUT2D eigenvalue weighted by Gasteiger charge is -2.17. The molecular formula is C23H20N4O2. The Labute approximate surface area is 168 Å². The van der Waals surface area contributed by atoms with Crippen molar-refractivity contribution in [1.82, 2.24) is 10.2 Å². The first kappa shape index (κ1) is 18.5. The van der Waals surface area contributed by atoms with Crippen LogP contribution in [0.5, 0.6) is 5.75 Å². The van der Waals surface area contributed by atoms with Gasteiger partial charge in [-0.15, -0.1) is 5.10 Å². The monoisotopic (exact) mass is 384 g/mol. The van der Waals surface area contributed by atoms with Crippen LogP contribution >= 0.6 is 0 Å². The van der Waals surface area contributed by atoms with Crippen molar-refractivity contribution in [3.8, 4) is 34.4 Å². The lowest BCUT2D eigenvalue weighted by molar-refractivity contribution is 0.411. The van der Waals surface area contributed by atoms with E-state index >= 15 is 0 Å². The first-order chi connectivity index (χ1) is 14.0. The van der Waals surface area contributed by atoms with Gasteiger partial charge in [0.15, 0.2) is 0 Å². The Hall–Kier alpha value is -3.85. The van der Waals surface area contributed by atoms with Gasteiger partial charge >= 0.3 is 0 Å². The summed E-state index contributed by atoms with van der Waals surface area (Å²) in [6, 6.07) is 16.0. The maximum absolute atomic E-state index is 9.84. The van der Waals surface area contributed by atoms with Gasteiger partial charge in [0.05, 0.1) is 18.4 Å². The van der Waals surface area contributed by atoms with Crippen LogP contribution in [0.2, 0.25) is 0 Å². The van der Waals surface area contributed by atoms with Gasteiger partial charge in [0.25, 0.3) is 0 Å². The molecule has 144 valence electrons. The third-order valence-electron chi connectivity index (χ3n) is 5.27. The number of ether oxygens (including phenoxy) is 1. The van der Waals surface area contributed by atoms with Crippen molar-refractivity contribution in [2.45, 2.75) is 20.3 Å². The number of anilines is 1. The first-order valence-corrected chi connectivity index (χ1v) is 9.21. The molecule has 2 heterocycles. The van der Waals surface area contributed by atoms with Gasteiger partial charge in [-0.05, 0) is 42.2 Å². The van der Waals surface area contributed by atoms with Crippen LogP contribution in [-0.2, 0) is 6.42 Å². The van der Waals surface area contributed by atoms with Gasteiger partial charge in [-0.25, -0.2) is 0 Å². The zero-order valence-electron chi connectivity index (χ0n) is 16.5. The summed E-state index contributed by atoms with van der Waals surface area (Å²) >= 11 is 0. The highest BCUT2D eigenvalue weighted by Gasteiger charge is 2.28. The highest BCUT2D eigenvalue weighted by atomic mass is 16.5. The summed E-state index contributed by atoms with van der Waals surface area (Å²) in [5.41, 5.74) is 12.5. The molecule has 2 aliphatic rings. The standard InChI is InChI=1S/C23H20N4O2/c1-13-14(2)19(28-3)10-9-16(13)20-17(12-24)22(25)29-23-21(20)18(26-27-23)11-15-7-5-4-6-8-15/h4-10H,11,25H2,1-3H3. The molecule has 0 saturated heterocycles. The highest BCUT2D eigenvalue weighted by molar-refractivity contribution is 5.90. The fourth-order valence-corrected chi connectivity index (χ4v) is 3.64. The Balaban J connectivity index is 2.01. The summed E-state index contributed by atoms with van der Waals surface area (Å²) in [6.45, 7) is 3.99. The number of rotatable bonds is 4. The van der Waals surface area contributed by atoms with Crippen molar-refractivity contribution in [2.75, 3.05) is 12.8 Å².